The van der Waals surface area contributed by atoms with Crippen molar-refractivity contribution >= 4 is 0 Å². The number of nitrogens with zero attached hydrogens (tertiary/aromatic N) is 1. The van der Waals surface area contributed by atoms with E-state index in [2.05, 4.69) is 44.6 Å². The van der Waals surface area contributed by atoms with Crippen molar-refractivity contribution in [2.45, 2.75) is 70.9 Å². The maximum atomic E-state index is 4.22. The largest absolute Gasteiger partial charge is 0.315 e. The summed E-state index contributed by atoms with van der Waals surface area (Å²) in [5, 5.41) is 3.60. The van der Waals surface area contributed by atoms with Crippen molar-refractivity contribution in [3.8, 4) is 0 Å². The van der Waals surface area contributed by atoms with Crippen molar-refractivity contribution in [1.82, 2.24) is 10.2 Å². The Hall–Kier alpha value is -0.340. The molecule has 0 radical (unpaired) electrons. The minimum absolute atomic E-state index is 0.371. The summed E-state index contributed by atoms with van der Waals surface area (Å²) in [7, 11) is 2.12. The van der Waals surface area contributed by atoms with Crippen LogP contribution < -0.4 is 5.32 Å². The Morgan fingerprint density at radius 2 is 1.78 bits per heavy atom. The van der Waals surface area contributed by atoms with Gasteiger partial charge in [-0.1, -0.05) is 45.8 Å². The van der Waals surface area contributed by atoms with Gasteiger partial charge >= 0.3 is 0 Å². The minimum Gasteiger partial charge on any atom is -0.315 e. The summed E-state index contributed by atoms with van der Waals surface area (Å²) in [6, 6.07) is 0.562. The lowest BCUT2D eigenvalue weighted by molar-refractivity contribution is 0.0656. The second-order valence-corrected chi connectivity index (χ2v) is 5.63. The summed E-state index contributed by atoms with van der Waals surface area (Å²) < 4.78 is 0. The fourth-order valence-corrected chi connectivity index (χ4v) is 3.72. The smallest absolute Gasteiger partial charge is 0.0365 e. The van der Waals surface area contributed by atoms with Crippen molar-refractivity contribution in [3.63, 3.8) is 0 Å². The van der Waals surface area contributed by atoms with Crippen molar-refractivity contribution in [2.75, 3.05) is 20.1 Å². The highest BCUT2D eigenvalue weighted by atomic mass is 15.2. The van der Waals surface area contributed by atoms with Gasteiger partial charge < -0.3 is 5.32 Å². The monoisotopic (exact) mass is 252 g/mol. The lowest BCUT2D eigenvalue weighted by atomic mass is 9.82. The van der Waals surface area contributed by atoms with Crippen molar-refractivity contribution in [3.05, 3.63) is 12.2 Å². The average molecular weight is 252 g/mol. The summed E-state index contributed by atoms with van der Waals surface area (Å²) in [6.45, 7) is 13.3. The summed E-state index contributed by atoms with van der Waals surface area (Å²) in [4.78, 5) is 2.68. The molecule has 0 amide bonds. The van der Waals surface area contributed by atoms with Crippen molar-refractivity contribution in [1.29, 1.82) is 0 Å². The number of hydrogen-bond donors (Lipinski definition) is 1. The predicted molar refractivity (Wildman–Crippen MR) is 81.0 cm³/mol. The first kappa shape index (κ1) is 15.7. The third-order valence-corrected chi connectivity index (χ3v) is 4.85. The SMILES string of the molecule is C=C(CC)CC(NC)C1(N(CC)CC)CCCC1. The summed E-state index contributed by atoms with van der Waals surface area (Å²) in [6.07, 6.45) is 7.69. The summed E-state index contributed by atoms with van der Waals surface area (Å²) in [5.74, 6) is 0. The molecule has 1 N–H and O–H groups in total. The zero-order chi connectivity index (χ0) is 13.6. The fourth-order valence-electron chi connectivity index (χ4n) is 3.72. The van der Waals surface area contributed by atoms with Gasteiger partial charge in [-0.3, -0.25) is 4.90 Å². The molecule has 0 heterocycles. The van der Waals surface area contributed by atoms with Gasteiger partial charge in [0.2, 0.25) is 0 Å². The Morgan fingerprint density at radius 3 is 2.17 bits per heavy atom. The minimum atomic E-state index is 0.371. The molecule has 1 aliphatic carbocycles. The van der Waals surface area contributed by atoms with E-state index >= 15 is 0 Å². The molecule has 0 saturated heterocycles. The van der Waals surface area contributed by atoms with E-state index in [0.717, 1.165) is 25.9 Å². The van der Waals surface area contributed by atoms with Crippen LogP contribution in [0, 0.1) is 0 Å². The lowest BCUT2D eigenvalue weighted by Crippen LogP contribution is -2.59. The number of hydrogen-bond acceptors (Lipinski definition) is 2. The Morgan fingerprint density at radius 1 is 1.22 bits per heavy atom. The van der Waals surface area contributed by atoms with Gasteiger partial charge in [0.05, 0.1) is 0 Å². The van der Waals surface area contributed by atoms with Crippen LogP contribution in [0.1, 0.15) is 59.3 Å². The highest BCUT2D eigenvalue weighted by Crippen LogP contribution is 2.39. The Bertz CT molecular complexity index is 250. The van der Waals surface area contributed by atoms with E-state index in [4.69, 9.17) is 0 Å². The zero-order valence-electron chi connectivity index (χ0n) is 12.9. The van der Waals surface area contributed by atoms with Gasteiger partial charge in [0.1, 0.15) is 0 Å². The van der Waals surface area contributed by atoms with Crippen LogP contribution in [-0.4, -0.2) is 36.6 Å². The van der Waals surface area contributed by atoms with E-state index in [1.807, 2.05) is 0 Å². The molecule has 1 saturated carbocycles. The van der Waals surface area contributed by atoms with E-state index < -0.39 is 0 Å². The Balaban J connectivity index is 2.89. The topological polar surface area (TPSA) is 15.3 Å². The van der Waals surface area contributed by atoms with Gasteiger partial charge in [-0.2, -0.15) is 0 Å². The quantitative estimate of drug-likeness (QED) is 0.664. The van der Waals surface area contributed by atoms with Crippen LogP contribution in [-0.2, 0) is 0 Å². The summed E-state index contributed by atoms with van der Waals surface area (Å²) in [5.41, 5.74) is 1.75. The third-order valence-electron chi connectivity index (χ3n) is 4.85. The first-order valence-corrected chi connectivity index (χ1v) is 7.73. The molecule has 0 aromatic heterocycles. The maximum Gasteiger partial charge on any atom is 0.0365 e. The third kappa shape index (κ3) is 3.16. The van der Waals surface area contributed by atoms with E-state index in [-0.39, 0.29) is 0 Å². The van der Waals surface area contributed by atoms with Gasteiger partial charge in [0, 0.05) is 11.6 Å². The van der Waals surface area contributed by atoms with Gasteiger partial charge in [0.25, 0.3) is 0 Å². The van der Waals surface area contributed by atoms with Gasteiger partial charge in [0.15, 0.2) is 0 Å². The molecule has 18 heavy (non-hydrogen) atoms. The molecule has 1 fully saturated rings. The van der Waals surface area contributed by atoms with Crippen LogP contribution in [0.3, 0.4) is 0 Å². The second-order valence-electron chi connectivity index (χ2n) is 5.63. The first-order valence-electron chi connectivity index (χ1n) is 7.73. The van der Waals surface area contributed by atoms with Crippen LogP contribution >= 0.6 is 0 Å². The molecule has 0 aromatic rings. The molecule has 1 rings (SSSR count). The van der Waals surface area contributed by atoms with Crippen molar-refractivity contribution < 1.29 is 0 Å². The van der Waals surface area contributed by atoms with Gasteiger partial charge in [-0.15, -0.1) is 0 Å². The molecule has 2 heteroatoms. The van der Waals surface area contributed by atoms with Crippen LogP contribution in [0.2, 0.25) is 0 Å². The highest BCUT2D eigenvalue weighted by molar-refractivity contribution is 5.08. The molecule has 0 spiro atoms. The van der Waals surface area contributed by atoms with E-state index in [1.165, 1.54) is 31.3 Å². The van der Waals surface area contributed by atoms with Gasteiger partial charge in [-0.25, -0.2) is 0 Å². The molecular formula is C16H32N2. The Kier molecular flexibility index (Phi) is 6.37. The van der Waals surface area contributed by atoms with Crippen LogP contribution in [0.15, 0.2) is 12.2 Å². The second kappa shape index (κ2) is 7.30. The molecule has 1 aliphatic rings. The van der Waals surface area contributed by atoms with Crippen LogP contribution in [0.4, 0.5) is 0 Å². The molecule has 1 atom stereocenters. The van der Waals surface area contributed by atoms with E-state index in [1.54, 1.807) is 0 Å². The maximum absolute atomic E-state index is 4.22. The molecule has 2 nitrogen and oxygen atoms in total. The molecule has 0 aromatic carbocycles. The average Bonchev–Trinajstić information content (AvgIpc) is 2.87. The normalized spacial score (nSPS) is 20.3. The van der Waals surface area contributed by atoms with Gasteiger partial charge in [-0.05, 0) is 45.8 Å². The summed E-state index contributed by atoms with van der Waals surface area (Å²) >= 11 is 0. The van der Waals surface area contributed by atoms with Crippen molar-refractivity contribution in [2.24, 2.45) is 0 Å². The molecular weight excluding hydrogens is 220 g/mol. The molecule has 106 valence electrons. The molecule has 1 unspecified atom stereocenters. The number of likely N-dealkylation sites (N-methyl/N-ethyl adjacent to an activating group) is 2. The number of rotatable bonds is 8. The fraction of sp³-hybridized carbons (Fsp3) is 0.875. The predicted octanol–water partition coefficient (Wildman–Crippen LogP) is 3.59. The standard InChI is InChI=1S/C16H32N2/c1-6-14(4)13-15(17-5)16(11-9-10-12-16)18(7-2)8-3/h15,17H,4,6-13H2,1-3,5H3. The highest BCUT2D eigenvalue weighted by Gasteiger charge is 2.44. The lowest BCUT2D eigenvalue weighted by Gasteiger charge is -2.46. The molecule has 0 aliphatic heterocycles. The Labute approximate surface area is 114 Å². The van der Waals surface area contributed by atoms with Crippen LogP contribution in [0.5, 0.6) is 0 Å². The first-order chi connectivity index (χ1) is 8.64. The number of nitrogens with one attached hydrogen (secondary N) is 1. The van der Waals surface area contributed by atoms with Crippen LogP contribution in [0.25, 0.3) is 0 Å². The van der Waals surface area contributed by atoms with E-state index in [0.29, 0.717) is 11.6 Å². The molecule has 0 bridgehead atoms. The van der Waals surface area contributed by atoms with E-state index in [9.17, 15) is 0 Å². The zero-order valence-corrected chi connectivity index (χ0v) is 12.9.